The summed E-state index contributed by atoms with van der Waals surface area (Å²) in [4.78, 5) is 16.6. The van der Waals surface area contributed by atoms with Crippen LogP contribution in [0.25, 0.3) is 5.69 Å². The molecule has 2 rings (SSSR count). The first-order valence-corrected chi connectivity index (χ1v) is 9.45. The number of hydrogen-bond acceptors (Lipinski definition) is 4. The average Bonchev–Trinajstić information content (AvgIpc) is 3.01. The van der Waals surface area contributed by atoms with Crippen molar-refractivity contribution in [1.82, 2.24) is 20.1 Å². The van der Waals surface area contributed by atoms with Gasteiger partial charge in [-0.15, -0.1) is 5.10 Å². The fraction of sp³-hybridized carbons (Fsp3) is 0.500. The summed E-state index contributed by atoms with van der Waals surface area (Å²) < 4.78 is 7.02. The van der Waals surface area contributed by atoms with Gasteiger partial charge in [0, 0.05) is 26.2 Å². The molecule has 8 heteroatoms. The number of nitrogens with zero attached hydrogens (tertiary/aromatic N) is 3. The average molecular weight is 399 g/mol. The predicted molar refractivity (Wildman–Crippen MR) is 103 cm³/mol. The van der Waals surface area contributed by atoms with Gasteiger partial charge in [0.1, 0.15) is 11.5 Å². The molecule has 0 saturated heterocycles. The maximum atomic E-state index is 12.3. The highest BCUT2D eigenvalue weighted by molar-refractivity contribution is 6.37. The molecular formula is C18H24Cl2N4O2. The van der Waals surface area contributed by atoms with E-state index in [9.17, 15) is 4.79 Å². The molecule has 142 valence electrons. The summed E-state index contributed by atoms with van der Waals surface area (Å²) in [7, 11) is 0. The van der Waals surface area contributed by atoms with Gasteiger partial charge in [0.25, 0.3) is 5.91 Å². The number of amides is 1. The molecule has 1 N–H and O–H groups in total. The fourth-order valence-corrected chi connectivity index (χ4v) is 2.87. The molecule has 1 aromatic carbocycles. The van der Waals surface area contributed by atoms with Crippen LogP contribution in [0.3, 0.4) is 0 Å². The van der Waals surface area contributed by atoms with Crippen molar-refractivity contribution in [2.24, 2.45) is 5.92 Å². The van der Waals surface area contributed by atoms with Crippen molar-refractivity contribution in [3.8, 4) is 5.69 Å². The highest BCUT2D eigenvalue weighted by atomic mass is 35.5. The molecule has 0 radical (unpaired) electrons. The topological polar surface area (TPSA) is 69.0 Å². The van der Waals surface area contributed by atoms with E-state index >= 15 is 0 Å². The van der Waals surface area contributed by atoms with Gasteiger partial charge < -0.3 is 10.1 Å². The minimum atomic E-state index is -0.328. The number of rotatable bonds is 9. The maximum Gasteiger partial charge on any atom is 0.290 e. The number of aromatic nitrogens is 3. The van der Waals surface area contributed by atoms with Crippen LogP contribution in [0.5, 0.6) is 0 Å². The van der Waals surface area contributed by atoms with Gasteiger partial charge in [0.2, 0.25) is 5.82 Å². The molecule has 6 nitrogen and oxygen atoms in total. The number of aryl methyl sites for hydroxylation is 1. The van der Waals surface area contributed by atoms with Gasteiger partial charge in [-0.2, -0.15) is 0 Å². The summed E-state index contributed by atoms with van der Waals surface area (Å²) >= 11 is 12.5. The lowest BCUT2D eigenvalue weighted by atomic mass is 10.2. The second-order valence-electron chi connectivity index (χ2n) is 6.27. The van der Waals surface area contributed by atoms with Crippen LogP contribution >= 0.6 is 23.2 Å². The van der Waals surface area contributed by atoms with E-state index in [0.29, 0.717) is 47.0 Å². The quantitative estimate of drug-likeness (QED) is 0.649. The number of carbonyl (C=O) groups is 1. The zero-order valence-corrected chi connectivity index (χ0v) is 16.8. The first kappa shape index (κ1) is 20.7. The SMILES string of the molecule is CCc1nc(C(=O)NCCCOCC(C)C)nn1-c1c(Cl)cccc1Cl. The largest absolute Gasteiger partial charge is 0.381 e. The van der Waals surface area contributed by atoms with Crippen LogP contribution < -0.4 is 5.32 Å². The van der Waals surface area contributed by atoms with Crippen molar-refractivity contribution < 1.29 is 9.53 Å². The van der Waals surface area contributed by atoms with Gasteiger partial charge in [-0.05, 0) is 24.5 Å². The number of benzene rings is 1. The van der Waals surface area contributed by atoms with Crippen molar-refractivity contribution in [3.63, 3.8) is 0 Å². The Morgan fingerprint density at radius 3 is 2.62 bits per heavy atom. The fourth-order valence-electron chi connectivity index (χ4n) is 2.31. The Hall–Kier alpha value is -1.63. The number of nitrogens with one attached hydrogen (secondary N) is 1. The van der Waals surface area contributed by atoms with Crippen molar-refractivity contribution >= 4 is 29.1 Å². The van der Waals surface area contributed by atoms with E-state index < -0.39 is 0 Å². The standard InChI is InChI=1S/C18H24Cl2N4O2/c1-4-15-22-17(18(25)21-9-6-10-26-11-12(2)3)23-24(15)16-13(19)7-5-8-14(16)20/h5,7-8,12H,4,6,9-11H2,1-3H3,(H,21,25). The molecule has 0 aliphatic carbocycles. The Morgan fingerprint density at radius 2 is 2.00 bits per heavy atom. The summed E-state index contributed by atoms with van der Waals surface area (Å²) in [6, 6.07) is 5.20. The third kappa shape index (κ3) is 5.43. The summed E-state index contributed by atoms with van der Waals surface area (Å²) in [5.74, 6) is 0.888. The molecule has 0 unspecified atom stereocenters. The van der Waals surface area contributed by atoms with Gasteiger partial charge in [-0.1, -0.05) is 50.0 Å². The highest BCUT2D eigenvalue weighted by Gasteiger charge is 2.19. The molecule has 0 fully saturated rings. The Morgan fingerprint density at radius 1 is 1.31 bits per heavy atom. The molecule has 26 heavy (non-hydrogen) atoms. The van der Waals surface area contributed by atoms with E-state index in [1.54, 1.807) is 18.2 Å². The lowest BCUT2D eigenvalue weighted by molar-refractivity contribution is 0.0916. The minimum absolute atomic E-state index is 0.0981. The summed E-state index contributed by atoms with van der Waals surface area (Å²) in [5, 5.41) is 8.01. The molecule has 1 heterocycles. The summed E-state index contributed by atoms with van der Waals surface area (Å²) in [6.45, 7) is 7.95. The van der Waals surface area contributed by atoms with Crippen LogP contribution in [0.4, 0.5) is 0 Å². The van der Waals surface area contributed by atoms with E-state index in [0.717, 1.165) is 13.0 Å². The molecule has 0 saturated carbocycles. The Labute approximate surface area is 163 Å². The third-order valence-electron chi connectivity index (χ3n) is 3.55. The Balaban J connectivity index is 2.03. The first-order valence-electron chi connectivity index (χ1n) is 8.70. The lowest BCUT2D eigenvalue weighted by Crippen LogP contribution is -2.26. The van der Waals surface area contributed by atoms with Crippen LogP contribution in [0.2, 0.25) is 10.0 Å². The van der Waals surface area contributed by atoms with E-state index in [4.69, 9.17) is 27.9 Å². The predicted octanol–water partition coefficient (Wildman–Crippen LogP) is 3.93. The lowest BCUT2D eigenvalue weighted by Gasteiger charge is -2.08. The van der Waals surface area contributed by atoms with E-state index in [1.807, 2.05) is 6.92 Å². The second-order valence-corrected chi connectivity index (χ2v) is 7.08. The number of carbonyl (C=O) groups excluding carboxylic acids is 1. The van der Waals surface area contributed by atoms with Crippen molar-refractivity contribution in [1.29, 1.82) is 0 Å². The first-order chi connectivity index (χ1) is 12.4. The monoisotopic (exact) mass is 398 g/mol. The minimum Gasteiger partial charge on any atom is -0.381 e. The molecular weight excluding hydrogens is 375 g/mol. The zero-order chi connectivity index (χ0) is 19.1. The number of hydrogen-bond donors (Lipinski definition) is 1. The zero-order valence-electron chi connectivity index (χ0n) is 15.3. The van der Waals surface area contributed by atoms with Crippen LogP contribution in [0.1, 0.15) is 43.6 Å². The summed E-state index contributed by atoms with van der Waals surface area (Å²) in [6.07, 6.45) is 1.32. The smallest absolute Gasteiger partial charge is 0.290 e. The van der Waals surface area contributed by atoms with Gasteiger partial charge in [0.05, 0.1) is 10.0 Å². The number of halogens is 2. The van der Waals surface area contributed by atoms with Crippen LogP contribution in [0.15, 0.2) is 18.2 Å². The highest BCUT2D eigenvalue weighted by Crippen LogP contribution is 2.28. The molecule has 0 atom stereocenters. The molecule has 0 aliphatic heterocycles. The molecule has 1 aromatic heterocycles. The van der Waals surface area contributed by atoms with Crippen LogP contribution in [0, 0.1) is 5.92 Å². The van der Waals surface area contributed by atoms with Gasteiger partial charge in [0.15, 0.2) is 0 Å². The van der Waals surface area contributed by atoms with Gasteiger partial charge >= 0.3 is 0 Å². The van der Waals surface area contributed by atoms with E-state index in [1.165, 1.54) is 4.68 Å². The number of para-hydroxylation sites is 1. The normalized spacial score (nSPS) is 11.2. The second kappa shape index (κ2) is 9.90. The van der Waals surface area contributed by atoms with Crippen LogP contribution in [-0.4, -0.2) is 40.4 Å². The van der Waals surface area contributed by atoms with E-state index in [-0.39, 0.29) is 11.7 Å². The van der Waals surface area contributed by atoms with Gasteiger partial charge in [-0.25, -0.2) is 9.67 Å². The number of ether oxygens (including phenoxy) is 1. The van der Waals surface area contributed by atoms with Crippen molar-refractivity contribution in [3.05, 3.63) is 39.9 Å². The van der Waals surface area contributed by atoms with Gasteiger partial charge in [-0.3, -0.25) is 4.79 Å². The van der Waals surface area contributed by atoms with Crippen molar-refractivity contribution in [2.45, 2.75) is 33.6 Å². The summed E-state index contributed by atoms with van der Waals surface area (Å²) in [5.41, 5.74) is 0.529. The molecule has 1 amide bonds. The maximum absolute atomic E-state index is 12.3. The molecule has 0 spiro atoms. The Kier molecular flexibility index (Phi) is 7.87. The molecule has 0 bridgehead atoms. The molecule has 0 aliphatic rings. The third-order valence-corrected chi connectivity index (χ3v) is 4.16. The Bertz CT molecular complexity index is 727. The van der Waals surface area contributed by atoms with E-state index in [2.05, 4.69) is 29.2 Å². The van der Waals surface area contributed by atoms with Crippen LogP contribution in [-0.2, 0) is 11.2 Å². The van der Waals surface area contributed by atoms with Crippen molar-refractivity contribution in [2.75, 3.05) is 19.8 Å². The molecule has 2 aromatic rings.